The quantitative estimate of drug-likeness (QED) is 0.639. The van der Waals surface area contributed by atoms with Crippen LogP contribution >= 0.6 is 0 Å². The Morgan fingerprint density at radius 1 is 1.45 bits per heavy atom. The van der Waals surface area contributed by atoms with Gasteiger partial charge in [0.2, 0.25) is 5.91 Å². The Morgan fingerprint density at radius 2 is 1.91 bits per heavy atom. The summed E-state index contributed by atoms with van der Waals surface area (Å²) in [6.45, 7) is 1.52. The van der Waals surface area contributed by atoms with Gasteiger partial charge in [-0.05, 0) is 0 Å². The van der Waals surface area contributed by atoms with Crippen molar-refractivity contribution in [1.82, 2.24) is 4.90 Å². The van der Waals surface area contributed by atoms with Crippen LogP contribution in [0.5, 0.6) is 0 Å². The maximum atomic E-state index is 10.9. The number of nitrogens with zero attached hydrogens (tertiary/aromatic N) is 1. The lowest BCUT2D eigenvalue weighted by Gasteiger charge is -2.11. The van der Waals surface area contributed by atoms with Crippen molar-refractivity contribution in [1.29, 1.82) is 0 Å². The molecule has 0 heterocycles. The van der Waals surface area contributed by atoms with E-state index < -0.39 is 11.9 Å². The maximum absolute atomic E-state index is 10.9. The number of carbonyl (C=O) groups is 2. The molecule has 0 saturated carbocycles. The fraction of sp³-hybridized carbons (Fsp3) is 0.714. The number of carboxylic acid groups (broad SMARTS) is 1. The van der Waals surface area contributed by atoms with Gasteiger partial charge in [0.15, 0.2) is 0 Å². The zero-order chi connectivity index (χ0) is 9.02. The Morgan fingerprint density at radius 3 is 2.18 bits per heavy atom. The molecule has 64 valence electrons. The molecule has 4 nitrogen and oxygen atoms in total. The molecule has 0 aromatic rings. The van der Waals surface area contributed by atoms with Crippen molar-refractivity contribution in [3.05, 3.63) is 0 Å². The van der Waals surface area contributed by atoms with Crippen molar-refractivity contribution < 1.29 is 14.7 Å². The predicted molar refractivity (Wildman–Crippen MR) is 40.1 cm³/mol. The van der Waals surface area contributed by atoms with Gasteiger partial charge in [-0.3, -0.25) is 9.59 Å². The molecule has 0 rings (SSSR count). The highest BCUT2D eigenvalue weighted by atomic mass is 16.4. The van der Waals surface area contributed by atoms with Crippen LogP contribution in [0.2, 0.25) is 0 Å². The minimum Gasteiger partial charge on any atom is -0.481 e. The highest BCUT2D eigenvalue weighted by Crippen LogP contribution is 2.02. The Kier molecular flexibility index (Phi) is 3.57. The summed E-state index contributed by atoms with van der Waals surface area (Å²) in [4.78, 5) is 22.6. The van der Waals surface area contributed by atoms with Gasteiger partial charge in [0.25, 0.3) is 0 Å². The molecule has 1 atom stereocenters. The van der Waals surface area contributed by atoms with Crippen LogP contribution in [0, 0.1) is 5.92 Å². The molecule has 0 fully saturated rings. The minimum atomic E-state index is -0.930. The van der Waals surface area contributed by atoms with E-state index >= 15 is 0 Å². The number of aliphatic carboxylic acids is 1. The van der Waals surface area contributed by atoms with Crippen molar-refractivity contribution >= 4 is 11.9 Å². The smallest absolute Gasteiger partial charge is 0.306 e. The van der Waals surface area contributed by atoms with Crippen LogP contribution in [0.15, 0.2) is 0 Å². The molecule has 1 unspecified atom stereocenters. The first-order valence-corrected chi connectivity index (χ1v) is 3.38. The van der Waals surface area contributed by atoms with Crippen LogP contribution in [0.1, 0.15) is 13.3 Å². The van der Waals surface area contributed by atoms with E-state index in [9.17, 15) is 9.59 Å². The molecule has 1 amide bonds. The van der Waals surface area contributed by atoms with E-state index in [1.165, 1.54) is 11.8 Å². The van der Waals surface area contributed by atoms with E-state index in [0.29, 0.717) is 0 Å². The topological polar surface area (TPSA) is 57.6 Å². The van der Waals surface area contributed by atoms with E-state index in [2.05, 4.69) is 0 Å². The molecular formula is C7H13NO3. The normalized spacial score (nSPS) is 12.3. The lowest BCUT2D eigenvalue weighted by atomic mass is 10.1. The summed E-state index contributed by atoms with van der Waals surface area (Å²) in [7, 11) is 3.22. The molecule has 0 saturated heterocycles. The van der Waals surface area contributed by atoms with E-state index in [-0.39, 0.29) is 12.3 Å². The average molecular weight is 159 g/mol. The minimum absolute atomic E-state index is 0.0718. The summed E-state index contributed by atoms with van der Waals surface area (Å²) in [5.41, 5.74) is 0. The first kappa shape index (κ1) is 9.94. The largest absolute Gasteiger partial charge is 0.481 e. The molecule has 4 heteroatoms. The van der Waals surface area contributed by atoms with Gasteiger partial charge in [-0.2, -0.15) is 0 Å². The van der Waals surface area contributed by atoms with Crippen LogP contribution in [-0.4, -0.2) is 36.0 Å². The third kappa shape index (κ3) is 3.60. The van der Waals surface area contributed by atoms with Gasteiger partial charge in [0, 0.05) is 20.5 Å². The maximum Gasteiger partial charge on any atom is 0.306 e. The number of carbonyl (C=O) groups excluding carboxylic acids is 1. The van der Waals surface area contributed by atoms with Gasteiger partial charge in [0.1, 0.15) is 0 Å². The van der Waals surface area contributed by atoms with Crippen LogP contribution in [0.3, 0.4) is 0 Å². The molecule has 11 heavy (non-hydrogen) atoms. The third-order valence-corrected chi connectivity index (χ3v) is 1.40. The van der Waals surface area contributed by atoms with E-state index in [1.807, 2.05) is 0 Å². The fourth-order valence-electron chi connectivity index (χ4n) is 0.532. The van der Waals surface area contributed by atoms with Crippen molar-refractivity contribution in [3.8, 4) is 0 Å². The molecule has 0 aliphatic rings. The van der Waals surface area contributed by atoms with Crippen molar-refractivity contribution in [2.24, 2.45) is 5.92 Å². The second-order valence-electron chi connectivity index (χ2n) is 2.73. The lowest BCUT2D eigenvalue weighted by molar-refractivity contribution is -0.144. The average Bonchev–Trinajstić information content (AvgIpc) is 1.87. The highest BCUT2D eigenvalue weighted by molar-refractivity contribution is 5.81. The molecule has 0 radical (unpaired) electrons. The molecule has 0 aliphatic heterocycles. The number of carboxylic acids is 1. The van der Waals surface area contributed by atoms with Gasteiger partial charge in [-0.15, -0.1) is 0 Å². The second-order valence-corrected chi connectivity index (χ2v) is 2.73. The SMILES string of the molecule is CC(CC(=O)N(C)C)C(=O)O. The summed E-state index contributed by atoms with van der Waals surface area (Å²) < 4.78 is 0. The summed E-state index contributed by atoms with van der Waals surface area (Å²) in [5.74, 6) is -1.68. The molecule has 0 aromatic heterocycles. The Balaban J connectivity index is 3.85. The van der Waals surface area contributed by atoms with E-state index in [0.717, 1.165) is 0 Å². The summed E-state index contributed by atoms with van der Waals surface area (Å²) in [5, 5.41) is 8.44. The first-order valence-electron chi connectivity index (χ1n) is 3.38. The molecule has 0 aromatic carbocycles. The lowest BCUT2D eigenvalue weighted by Crippen LogP contribution is -2.25. The van der Waals surface area contributed by atoms with Gasteiger partial charge < -0.3 is 10.0 Å². The number of amides is 1. The summed E-state index contributed by atoms with van der Waals surface area (Å²) in [6.07, 6.45) is 0.0718. The van der Waals surface area contributed by atoms with Gasteiger partial charge in [-0.25, -0.2) is 0 Å². The van der Waals surface area contributed by atoms with Crippen LogP contribution in [-0.2, 0) is 9.59 Å². The standard InChI is InChI=1S/C7H13NO3/c1-5(7(10)11)4-6(9)8(2)3/h5H,4H2,1-3H3,(H,10,11). The van der Waals surface area contributed by atoms with Crippen molar-refractivity contribution in [2.45, 2.75) is 13.3 Å². The molecule has 0 spiro atoms. The molecule has 1 N–H and O–H groups in total. The predicted octanol–water partition coefficient (Wildman–Crippen LogP) is 0.185. The zero-order valence-electron chi connectivity index (χ0n) is 7.00. The monoisotopic (exact) mass is 159 g/mol. The fourth-order valence-corrected chi connectivity index (χ4v) is 0.532. The van der Waals surface area contributed by atoms with Crippen LogP contribution < -0.4 is 0 Å². The van der Waals surface area contributed by atoms with Gasteiger partial charge in [0.05, 0.1) is 5.92 Å². The number of hydrogen-bond donors (Lipinski definition) is 1. The second kappa shape index (κ2) is 3.95. The number of rotatable bonds is 3. The Bertz CT molecular complexity index is 165. The van der Waals surface area contributed by atoms with E-state index in [4.69, 9.17) is 5.11 Å². The van der Waals surface area contributed by atoms with Gasteiger partial charge >= 0.3 is 5.97 Å². The Hall–Kier alpha value is -1.06. The highest BCUT2D eigenvalue weighted by Gasteiger charge is 2.16. The number of hydrogen-bond acceptors (Lipinski definition) is 2. The van der Waals surface area contributed by atoms with E-state index in [1.54, 1.807) is 14.1 Å². The first-order chi connectivity index (χ1) is 4.95. The van der Waals surface area contributed by atoms with Crippen LogP contribution in [0.25, 0.3) is 0 Å². The molecular weight excluding hydrogens is 146 g/mol. The van der Waals surface area contributed by atoms with Crippen molar-refractivity contribution in [3.63, 3.8) is 0 Å². The van der Waals surface area contributed by atoms with Crippen LogP contribution in [0.4, 0.5) is 0 Å². The summed E-state index contributed by atoms with van der Waals surface area (Å²) >= 11 is 0. The third-order valence-electron chi connectivity index (χ3n) is 1.40. The zero-order valence-corrected chi connectivity index (χ0v) is 7.00. The molecule has 0 aliphatic carbocycles. The summed E-state index contributed by atoms with van der Waals surface area (Å²) in [6, 6.07) is 0. The molecule has 0 bridgehead atoms. The van der Waals surface area contributed by atoms with Gasteiger partial charge in [-0.1, -0.05) is 6.92 Å². The van der Waals surface area contributed by atoms with Crippen molar-refractivity contribution in [2.75, 3.05) is 14.1 Å². The Labute approximate surface area is 65.8 Å².